The Morgan fingerprint density at radius 3 is 2.19 bits per heavy atom. The van der Waals surface area contributed by atoms with Gasteiger partial charge in [-0.3, -0.25) is 4.79 Å². The van der Waals surface area contributed by atoms with Gasteiger partial charge in [0, 0.05) is 13.1 Å². The Morgan fingerprint density at radius 2 is 1.75 bits per heavy atom. The maximum atomic E-state index is 11.2. The highest BCUT2D eigenvalue weighted by Crippen LogP contribution is 2.12. The Balaban J connectivity index is 3.76. The number of hydrogen-bond donors (Lipinski definition) is 4. The average molecular weight is 232 g/mol. The minimum Gasteiger partial charge on any atom is -0.481 e. The molecule has 0 heterocycles. The van der Waals surface area contributed by atoms with E-state index in [0.717, 1.165) is 0 Å². The van der Waals surface area contributed by atoms with E-state index in [9.17, 15) is 14.7 Å². The number of hydrogen-bond acceptors (Lipinski definition) is 3. The van der Waals surface area contributed by atoms with Crippen LogP contribution in [0.3, 0.4) is 0 Å². The predicted octanol–water partition coefficient (Wildman–Crippen LogP) is 0.311. The molecule has 0 saturated heterocycles. The van der Waals surface area contributed by atoms with E-state index in [1.165, 1.54) is 0 Å². The second-order valence-corrected chi connectivity index (χ2v) is 3.68. The number of rotatable bonds is 7. The van der Waals surface area contributed by atoms with E-state index in [4.69, 9.17) is 5.11 Å². The topological polar surface area (TPSA) is 98.7 Å². The van der Waals surface area contributed by atoms with Crippen LogP contribution in [0, 0.1) is 0 Å². The van der Waals surface area contributed by atoms with Crippen molar-refractivity contribution in [3.8, 4) is 0 Å². The largest absolute Gasteiger partial charge is 0.481 e. The van der Waals surface area contributed by atoms with Crippen molar-refractivity contribution in [2.45, 2.75) is 38.7 Å². The van der Waals surface area contributed by atoms with Gasteiger partial charge in [0.15, 0.2) is 0 Å². The lowest BCUT2D eigenvalue weighted by atomic mass is 9.98. The summed E-state index contributed by atoms with van der Waals surface area (Å²) in [4.78, 5) is 21.4. The van der Waals surface area contributed by atoms with Crippen molar-refractivity contribution < 1.29 is 19.8 Å². The number of aliphatic carboxylic acids is 1. The van der Waals surface area contributed by atoms with Crippen LogP contribution in [-0.2, 0) is 4.79 Å². The van der Waals surface area contributed by atoms with Crippen molar-refractivity contribution in [3.63, 3.8) is 0 Å². The van der Waals surface area contributed by atoms with Gasteiger partial charge in [-0.1, -0.05) is 13.8 Å². The molecule has 6 nitrogen and oxygen atoms in total. The third-order valence-corrected chi connectivity index (χ3v) is 2.52. The van der Waals surface area contributed by atoms with E-state index >= 15 is 0 Å². The van der Waals surface area contributed by atoms with Crippen LogP contribution >= 0.6 is 0 Å². The second kappa shape index (κ2) is 7.05. The highest BCUT2D eigenvalue weighted by atomic mass is 16.4. The van der Waals surface area contributed by atoms with Crippen LogP contribution in [-0.4, -0.2) is 40.9 Å². The summed E-state index contributed by atoms with van der Waals surface area (Å²) in [5.74, 6) is -0.959. The van der Waals surface area contributed by atoms with Crippen molar-refractivity contribution in [3.05, 3.63) is 0 Å². The quantitative estimate of drug-likeness (QED) is 0.507. The molecule has 0 radical (unpaired) electrons. The minimum absolute atomic E-state index is 0.0812. The summed E-state index contributed by atoms with van der Waals surface area (Å²) in [7, 11) is 0. The molecule has 0 rings (SSSR count). The monoisotopic (exact) mass is 232 g/mol. The van der Waals surface area contributed by atoms with Gasteiger partial charge in [-0.2, -0.15) is 0 Å². The van der Waals surface area contributed by atoms with Gasteiger partial charge >= 0.3 is 12.0 Å². The van der Waals surface area contributed by atoms with Gasteiger partial charge in [-0.25, -0.2) is 4.79 Å². The fourth-order valence-corrected chi connectivity index (χ4v) is 1.09. The van der Waals surface area contributed by atoms with Crippen LogP contribution in [0.2, 0.25) is 0 Å². The van der Waals surface area contributed by atoms with Crippen LogP contribution < -0.4 is 10.6 Å². The van der Waals surface area contributed by atoms with Crippen molar-refractivity contribution >= 4 is 12.0 Å². The number of aliphatic hydroxyl groups is 1. The molecule has 2 amide bonds. The van der Waals surface area contributed by atoms with Gasteiger partial charge in [0.25, 0.3) is 0 Å². The van der Waals surface area contributed by atoms with E-state index in [1.807, 2.05) is 13.8 Å². The summed E-state index contributed by atoms with van der Waals surface area (Å²) in [5.41, 5.74) is -0.885. The molecule has 0 bridgehead atoms. The van der Waals surface area contributed by atoms with Crippen molar-refractivity contribution in [1.29, 1.82) is 0 Å². The Hall–Kier alpha value is -1.30. The van der Waals surface area contributed by atoms with Crippen LogP contribution in [0.4, 0.5) is 4.79 Å². The molecule has 0 aliphatic rings. The molecule has 0 aromatic heterocycles. The van der Waals surface area contributed by atoms with E-state index in [0.29, 0.717) is 12.8 Å². The SMILES string of the molecule is CCC(O)(CC)CNC(=O)NCCC(=O)O. The summed E-state index contributed by atoms with van der Waals surface area (Å²) in [6.07, 6.45) is 0.997. The molecule has 0 fully saturated rings. The van der Waals surface area contributed by atoms with Crippen molar-refractivity contribution in [2.24, 2.45) is 0 Å². The number of amides is 2. The lowest BCUT2D eigenvalue weighted by Gasteiger charge is -2.25. The van der Waals surface area contributed by atoms with Crippen LogP contribution in [0.15, 0.2) is 0 Å². The lowest BCUT2D eigenvalue weighted by Crippen LogP contribution is -2.46. The molecule has 0 aromatic carbocycles. The van der Waals surface area contributed by atoms with Gasteiger partial charge in [0.1, 0.15) is 0 Å². The van der Waals surface area contributed by atoms with Gasteiger partial charge in [-0.15, -0.1) is 0 Å². The highest BCUT2D eigenvalue weighted by molar-refractivity contribution is 5.75. The van der Waals surface area contributed by atoms with E-state index in [2.05, 4.69) is 10.6 Å². The summed E-state index contributed by atoms with van der Waals surface area (Å²) in [6.45, 7) is 3.93. The Kier molecular flexibility index (Phi) is 6.48. The first-order valence-corrected chi connectivity index (χ1v) is 5.39. The zero-order chi connectivity index (χ0) is 12.6. The molecule has 0 aromatic rings. The van der Waals surface area contributed by atoms with Gasteiger partial charge in [-0.05, 0) is 12.8 Å². The van der Waals surface area contributed by atoms with Gasteiger partial charge in [0.2, 0.25) is 0 Å². The number of carboxylic acid groups (broad SMARTS) is 1. The zero-order valence-corrected chi connectivity index (χ0v) is 9.75. The predicted molar refractivity (Wildman–Crippen MR) is 59.2 cm³/mol. The molecule has 0 atom stereocenters. The molecular formula is C10H20N2O4. The molecule has 0 aliphatic heterocycles. The maximum Gasteiger partial charge on any atom is 0.314 e. The molecule has 94 valence electrons. The van der Waals surface area contributed by atoms with Crippen LogP contribution in [0.5, 0.6) is 0 Å². The number of urea groups is 1. The molecular weight excluding hydrogens is 212 g/mol. The second-order valence-electron chi connectivity index (χ2n) is 3.68. The highest BCUT2D eigenvalue weighted by Gasteiger charge is 2.22. The summed E-state index contributed by atoms with van der Waals surface area (Å²) in [6, 6.07) is -0.457. The lowest BCUT2D eigenvalue weighted by molar-refractivity contribution is -0.136. The molecule has 0 spiro atoms. The van der Waals surface area contributed by atoms with Gasteiger partial charge in [0.05, 0.1) is 12.0 Å². The zero-order valence-electron chi connectivity index (χ0n) is 9.75. The van der Waals surface area contributed by atoms with E-state index < -0.39 is 17.6 Å². The number of nitrogens with one attached hydrogen (secondary N) is 2. The fraction of sp³-hybridized carbons (Fsp3) is 0.800. The normalized spacial score (nSPS) is 10.9. The van der Waals surface area contributed by atoms with Crippen LogP contribution in [0.25, 0.3) is 0 Å². The molecule has 6 heteroatoms. The smallest absolute Gasteiger partial charge is 0.314 e. The van der Waals surface area contributed by atoms with Crippen LogP contribution in [0.1, 0.15) is 33.1 Å². The molecule has 16 heavy (non-hydrogen) atoms. The summed E-state index contributed by atoms with van der Waals surface area (Å²) >= 11 is 0. The van der Waals surface area contributed by atoms with Gasteiger partial charge < -0.3 is 20.8 Å². The first kappa shape index (κ1) is 14.7. The Labute approximate surface area is 95.0 Å². The third kappa shape index (κ3) is 6.23. The van der Waals surface area contributed by atoms with Crippen molar-refractivity contribution in [2.75, 3.05) is 13.1 Å². The summed E-state index contributed by atoms with van der Waals surface area (Å²) < 4.78 is 0. The first-order chi connectivity index (χ1) is 7.43. The van der Waals surface area contributed by atoms with Crippen molar-refractivity contribution in [1.82, 2.24) is 10.6 Å². The summed E-state index contributed by atoms with van der Waals surface area (Å²) in [5, 5.41) is 23.1. The Bertz CT molecular complexity index is 239. The third-order valence-electron chi connectivity index (χ3n) is 2.52. The molecule has 4 N–H and O–H groups in total. The average Bonchev–Trinajstić information content (AvgIpc) is 2.25. The molecule has 0 aliphatic carbocycles. The standard InChI is InChI=1S/C10H20N2O4/c1-3-10(16,4-2)7-12-9(15)11-6-5-8(13)14/h16H,3-7H2,1-2H3,(H,13,14)(H2,11,12,15). The molecule has 0 saturated carbocycles. The first-order valence-electron chi connectivity index (χ1n) is 5.39. The molecule has 0 unspecified atom stereocenters. The minimum atomic E-state index is -0.959. The maximum absolute atomic E-state index is 11.2. The van der Waals surface area contributed by atoms with E-state index in [1.54, 1.807) is 0 Å². The number of carboxylic acids is 1. The number of carbonyl (C=O) groups excluding carboxylic acids is 1. The number of carbonyl (C=O) groups is 2. The van der Waals surface area contributed by atoms with E-state index in [-0.39, 0.29) is 19.5 Å². The Morgan fingerprint density at radius 1 is 1.19 bits per heavy atom. The fourth-order valence-electron chi connectivity index (χ4n) is 1.09.